The van der Waals surface area contributed by atoms with Gasteiger partial charge in [-0.2, -0.15) is 0 Å². The van der Waals surface area contributed by atoms with Gasteiger partial charge in [0.15, 0.2) is 0 Å². The van der Waals surface area contributed by atoms with Crippen LogP contribution >= 0.6 is 0 Å². The lowest BCUT2D eigenvalue weighted by atomic mass is 9.94. The van der Waals surface area contributed by atoms with Crippen LogP contribution in [0, 0.1) is 23.5 Å². The van der Waals surface area contributed by atoms with E-state index in [0.29, 0.717) is 6.54 Å². The molecule has 3 atom stereocenters. The van der Waals surface area contributed by atoms with Crippen molar-refractivity contribution in [3.63, 3.8) is 0 Å². The van der Waals surface area contributed by atoms with Gasteiger partial charge in [-0.05, 0) is 36.8 Å². The zero-order valence-electron chi connectivity index (χ0n) is 12.0. The predicted molar refractivity (Wildman–Crippen MR) is 74.0 cm³/mol. The zero-order chi connectivity index (χ0) is 15.9. The van der Waals surface area contributed by atoms with Crippen molar-refractivity contribution in [2.75, 3.05) is 6.54 Å². The summed E-state index contributed by atoms with van der Waals surface area (Å²) in [5.41, 5.74) is -0.298. The Morgan fingerprint density at radius 2 is 1.91 bits per heavy atom. The number of benzene rings is 1. The minimum Gasteiger partial charge on any atom is -0.480 e. The van der Waals surface area contributed by atoms with Crippen LogP contribution in [0.2, 0.25) is 0 Å². The number of likely N-dealkylation sites (tertiary alicyclic amines) is 1. The molecule has 1 aliphatic carbocycles. The van der Waals surface area contributed by atoms with Gasteiger partial charge in [-0.25, -0.2) is 13.6 Å². The molecule has 118 valence electrons. The van der Waals surface area contributed by atoms with Gasteiger partial charge >= 0.3 is 5.97 Å². The van der Waals surface area contributed by atoms with Crippen molar-refractivity contribution in [2.24, 2.45) is 11.8 Å². The van der Waals surface area contributed by atoms with Crippen molar-refractivity contribution in [2.45, 2.75) is 31.7 Å². The van der Waals surface area contributed by atoms with Gasteiger partial charge in [-0.3, -0.25) is 4.79 Å². The van der Waals surface area contributed by atoms with E-state index >= 15 is 0 Å². The molecule has 1 aromatic rings. The Morgan fingerprint density at radius 3 is 2.55 bits per heavy atom. The molecule has 1 N–H and O–H groups in total. The largest absolute Gasteiger partial charge is 0.480 e. The maximum atomic E-state index is 13.7. The lowest BCUT2D eigenvalue weighted by Crippen LogP contribution is -2.44. The topological polar surface area (TPSA) is 57.6 Å². The number of carboxylic acids is 1. The summed E-state index contributed by atoms with van der Waals surface area (Å²) in [6.45, 7) is 0.372. The van der Waals surface area contributed by atoms with E-state index in [1.54, 1.807) is 0 Å². The highest BCUT2D eigenvalue weighted by Crippen LogP contribution is 2.42. The van der Waals surface area contributed by atoms with Crippen molar-refractivity contribution in [3.8, 4) is 0 Å². The van der Waals surface area contributed by atoms with E-state index in [2.05, 4.69) is 0 Å². The molecular weight excluding hydrogens is 292 g/mol. The van der Waals surface area contributed by atoms with Crippen LogP contribution in [0.15, 0.2) is 18.2 Å². The normalized spacial score (nSPS) is 27.0. The fourth-order valence-electron chi connectivity index (χ4n) is 3.83. The van der Waals surface area contributed by atoms with Crippen molar-refractivity contribution >= 4 is 11.9 Å². The molecule has 0 radical (unpaired) electrons. The number of nitrogens with zero attached hydrogens (tertiary/aromatic N) is 1. The molecule has 1 aromatic carbocycles. The number of rotatable bonds is 3. The van der Waals surface area contributed by atoms with Crippen LogP contribution in [0.5, 0.6) is 0 Å². The molecule has 2 aliphatic rings. The molecular formula is C16H17F2NO3. The van der Waals surface area contributed by atoms with E-state index in [4.69, 9.17) is 0 Å². The van der Waals surface area contributed by atoms with E-state index in [1.807, 2.05) is 0 Å². The third-order valence-corrected chi connectivity index (χ3v) is 4.85. The van der Waals surface area contributed by atoms with E-state index in [1.165, 1.54) is 11.0 Å². The number of carbonyl (C=O) groups is 2. The second kappa shape index (κ2) is 5.66. The van der Waals surface area contributed by atoms with Gasteiger partial charge in [0, 0.05) is 12.1 Å². The van der Waals surface area contributed by atoms with Crippen LogP contribution < -0.4 is 0 Å². The summed E-state index contributed by atoms with van der Waals surface area (Å²) in [5, 5.41) is 9.41. The van der Waals surface area contributed by atoms with Gasteiger partial charge in [-0.1, -0.05) is 12.5 Å². The van der Waals surface area contributed by atoms with Crippen molar-refractivity contribution in [3.05, 3.63) is 35.4 Å². The van der Waals surface area contributed by atoms with Gasteiger partial charge in [-0.15, -0.1) is 0 Å². The van der Waals surface area contributed by atoms with Gasteiger partial charge in [0.2, 0.25) is 5.91 Å². The molecule has 2 fully saturated rings. The molecule has 22 heavy (non-hydrogen) atoms. The van der Waals surface area contributed by atoms with Crippen LogP contribution in [0.1, 0.15) is 24.8 Å². The van der Waals surface area contributed by atoms with E-state index in [-0.39, 0.29) is 17.4 Å². The molecule has 0 bridgehead atoms. The first-order valence-corrected chi connectivity index (χ1v) is 7.44. The fraction of sp³-hybridized carbons (Fsp3) is 0.500. The summed E-state index contributed by atoms with van der Waals surface area (Å²) in [6.07, 6.45) is 2.23. The average Bonchev–Trinajstić information content (AvgIpc) is 3.02. The molecule has 0 spiro atoms. The Balaban J connectivity index is 1.81. The maximum Gasteiger partial charge on any atom is 0.326 e. The van der Waals surface area contributed by atoms with E-state index in [0.717, 1.165) is 31.4 Å². The second-order valence-electron chi connectivity index (χ2n) is 6.06. The number of fused-ring (bicyclic) bond motifs is 1. The quantitative estimate of drug-likeness (QED) is 0.931. The van der Waals surface area contributed by atoms with Gasteiger partial charge in [0.05, 0.1) is 6.42 Å². The molecule has 1 heterocycles. The molecule has 4 nitrogen and oxygen atoms in total. The molecule has 1 saturated heterocycles. The number of aliphatic carboxylic acids is 1. The van der Waals surface area contributed by atoms with Crippen LogP contribution in [0.4, 0.5) is 8.78 Å². The minimum absolute atomic E-state index is 0.0353. The lowest BCUT2D eigenvalue weighted by Gasteiger charge is -2.24. The third-order valence-electron chi connectivity index (χ3n) is 4.85. The Morgan fingerprint density at radius 1 is 1.23 bits per heavy atom. The van der Waals surface area contributed by atoms with E-state index < -0.39 is 36.0 Å². The number of carboxylic acid groups (broad SMARTS) is 1. The Kier molecular flexibility index (Phi) is 3.85. The summed E-state index contributed by atoms with van der Waals surface area (Å²) in [4.78, 5) is 25.2. The first-order valence-electron chi connectivity index (χ1n) is 7.44. The smallest absolute Gasteiger partial charge is 0.326 e. The maximum absolute atomic E-state index is 13.7. The first kappa shape index (κ1) is 14.9. The fourth-order valence-corrected chi connectivity index (χ4v) is 3.83. The predicted octanol–water partition coefficient (Wildman–Crippen LogP) is 2.22. The number of halogens is 2. The molecule has 1 aliphatic heterocycles. The highest BCUT2D eigenvalue weighted by atomic mass is 19.1. The molecule has 3 unspecified atom stereocenters. The highest BCUT2D eigenvalue weighted by Gasteiger charge is 2.49. The molecule has 1 amide bonds. The monoisotopic (exact) mass is 309 g/mol. The van der Waals surface area contributed by atoms with Crippen molar-refractivity contribution < 1.29 is 23.5 Å². The molecule has 6 heteroatoms. The number of hydrogen-bond donors (Lipinski definition) is 1. The Labute approximate surface area is 126 Å². The molecule has 1 saturated carbocycles. The van der Waals surface area contributed by atoms with E-state index in [9.17, 15) is 23.5 Å². The van der Waals surface area contributed by atoms with Crippen LogP contribution in [0.3, 0.4) is 0 Å². The Bertz CT molecular complexity index is 599. The van der Waals surface area contributed by atoms with Crippen LogP contribution in [0.25, 0.3) is 0 Å². The van der Waals surface area contributed by atoms with Crippen LogP contribution in [-0.2, 0) is 16.0 Å². The van der Waals surface area contributed by atoms with Crippen molar-refractivity contribution in [1.82, 2.24) is 4.90 Å². The number of hydrogen-bond acceptors (Lipinski definition) is 2. The average molecular weight is 309 g/mol. The number of carbonyl (C=O) groups excluding carboxylic acids is 1. The summed E-state index contributed by atoms with van der Waals surface area (Å²) < 4.78 is 27.3. The van der Waals surface area contributed by atoms with Gasteiger partial charge in [0.1, 0.15) is 17.7 Å². The second-order valence-corrected chi connectivity index (χ2v) is 6.06. The third kappa shape index (κ3) is 2.46. The zero-order valence-corrected chi connectivity index (χ0v) is 12.0. The highest BCUT2D eigenvalue weighted by molar-refractivity contribution is 5.86. The summed E-state index contributed by atoms with van der Waals surface area (Å²) in [6, 6.07) is 2.56. The SMILES string of the molecule is O=C(O)C1C2CCCC2CN1C(=O)Cc1c(F)cccc1F. The van der Waals surface area contributed by atoms with Crippen LogP contribution in [-0.4, -0.2) is 34.5 Å². The van der Waals surface area contributed by atoms with Gasteiger partial charge in [0.25, 0.3) is 0 Å². The Hall–Kier alpha value is -1.98. The lowest BCUT2D eigenvalue weighted by molar-refractivity contribution is -0.149. The molecule has 3 rings (SSSR count). The standard InChI is InChI=1S/C16H17F2NO3/c17-12-5-2-6-13(18)11(12)7-14(20)19-8-9-3-1-4-10(9)15(19)16(21)22/h2,5-6,9-10,15H,1,3-4,7-8H2,(H,21,22). The first-order chi connectivity index (χ1) is 10.5. The summed E-state index contributed by atoms with van der Waals surface area (Å²) in [7, 11) is 0. The minimum atomic E-state index is -1.03. The number of amides is 1. The van der Waals surface area contributed by atoms with Crippen molar-refractivity contribution in [1.29, 1.82) is 0 Å². The summed E-state index contributed by atoms with van der Waals surface area (Å²) >= 11 is 0. The molecule has 0 aromatic heterocycles. The van der Waals surface area contributed by atoms with Gasteiger partial charge < -0.3 is 10.0 Å². The summed E-state index contributed by atoms with van der Waals surface area (Å²) in [5.74, 6) is -2.95.